The van der Waals surface area contributed by atoms with Gasteiger partial charge < -0.3 is 14.4 Å². The predicted molar refractivity (Wildman–Crippen MR) is 74.8 cm³/mol. The van der Waals surface area contributed by atoms with Gasteiger partial charge in [-0.3, -0.25) is 0 Å². The lowest BCUT2D eigenvalue weighted by Crippen LogP contribution is -2.08. The van der Waals surface area contributed by atoms with Crippen LogP contribution in [0.5, 0.6) is 0 Å². The molecule has 0 aliphatic heterocycles. The van der Waals surface area contributed by atoms with Crippen molar-refractivity contribution in [2.24, 2.45) is 0 Å². The summed E-state index contributed by atoms with van der Waals surface area (Å²) < 4.78 is 7.21. The summed E-state index contributed by atoms with van der Waals surface area (Å²) >= 11 is 0. The van der Waals surface area contributed by atoms with Crippen LogP contribution < -0.4 is 0 Å². The van der Waals surface area contributed by atoms with E-state index in [2.05, 4.69) is 4.57 Å². The lowest BCUT2D eigenvalue weighted by molar-refractivity contribution is -0.131. The van der Waals surface area contributed by atoms with Crippen LogP contribution in [0.1, 0.15) is 53.1 Å². The Kier molecular flexibility index (Phi) is 3.97. The Labute approximate surface area is 117 Å². The Morgan fingerprint density at radius 1 is 1.35 bits per heavy atom. The molecule has 5 nitrogen and oxygen atoms in total. The number of carboxylic acids is 1. The lowest BCUT2D eigenvalue weighted by atomic mass is 10.1. The van der Waals surface area contributed by atoms with Gasteiger partial charge >= 0.3 is 11.9 Å². The average molecular weight is 277 g/mol. The highest BCUT2D eigenvalue weighted by molar-refractivity contribution is 5.97. The van der Waals surface area contributed by atoms with Gasteiger partial charge in [0.25, 0.3) is 0 Å². The van der Waals surface area contributed by atoms with Gasteiger partial charge in [-0.25, -0.2) is 9.59 Å². The Bertz CT molecular complexity index is 579. The van der Waals surface area contributed by atoms with Crippen molar-refractivity contribution < 1.29 is 19.4 Å². The second-order valence-corrected chi connectivity index (χ2v) is 4.95. The summed E-state index contributed by atoms with van der Waals surface area (Å²) in [5.74, 6) is -1.42. The molecular formula is C15H19NO4. The number of aliphatic carboxylic acids is 1. The van der Waals surface area contributed by atoms with Crippen molar-refractivity contribution in [3.05, 3.63) is 28.6 Å². The smallest absolute Gasteiger partial charge is 0.340 e. The minimum atomic E-state index is -1.03. The van der Waals surface area contributed by atoms with Gasteiger partial charge in [0.2, 0.25) is 0 Å². The molecule has 0 amide bonds. The number of carbonyl (C=O) groups is 2. The third-order valence-electron chi connectivity index (χ3n) is 3.53. The number of rotatable bonds is 5. The fourth-order valence-corrected chi connectivity index (χ4v) is 2.58. The SMILES string of the molecule is CCOC(=O)c1c(/C=C/C(=O)O)c(C)n(C2CC2)c1C. The Hall–Kier alpha value is -2.04. The van der Waals surface area contributed by atoms with Crippen LogP contribution in [-0.2, 0) is 9.53 Å². The van der Waals surface area contributed by atoms with Crippen molar-refractivity contribution in [3.8, 4) is 0 Å². The highest BCUT2D eigenvalue weighted by Gasteiger charge is 2.31. The topological polar surface area (TPSA) is 68.5 Å². The van der Waals surface area contributed by atoms with Crippen molar-refractivity contribution in [3.63, 3.8) is 0 Å². The van der Waals surface area contributed by atoms with E-state index >= 15 is 0 Å². The molecule has 1 aliphatic rings. The molecule has 0 bridgehead atoms. The van der Waals surface area contributed by atoms with E-state index in [1.54, 1.807) is 6.92 Å². The van der Waals surface area contributed by atoms with Gasteiger partial charge in [0, 0.05) is 29.1 Å². The fraction of sp³-hybridized carbons (Fsp3) is 0.467. The molecule has 0 aromatic carbocycles. The van der Waals surface area contributed by atoms with Crippen LogP contribution >= 0.6 is 0 Å². The molecule has 1 aromatic rings. The first-order chi connectivity index (χ1) is 9.47. The van der Waals surface area contributed by atoms with Crippen molar-refractivity contribution in [1.82, 2.24) is 4.57 Å². The van der Waals surface area contributed by atoms with Gasteiger partial charge in [-0.1, -0.05) is 0 Å². The third kappa shape index (κ3) is 2.61. The van der Waals surface area contributed by atoms with Gasteiger partial charge in [0.1, 0.15) is 0 Å². The number of hydrogen-bond donors (Lipinski definition) is 1. The summed E-state index contributed by atoms with van der Waals surface area (Å²) in [6.45, 7) is 5.85. The van der Waals surface area contributed by atoms with Crippen LogP contribution in [0.3, 0.4) is 0 Å². The number of ether oxygens (including phenoxy) is 1. The Morgan fingerprint density at radius 2 is 2.00 bits per heavy atom. The van der Waals surface area contributed by atoms with Gasteiger partial charge in [0.05, 0.1) is 12.2 Å². The maximum atomic E-state index is 12.1. The summed E-state index contributed by atoms with van der Waals surface area (Å²) in [4.78, 5) is 22.8. The maximum Gasteiger partial charge on any atom is 0.340 e. The van der Waals surface area contributed by atoms with E-state index in [1.165, 1.54) is 6.08 Å². The highest BCUT2D eigenvalue weighted by atomic mass is 16.5. The van der Waals surface area contributed by atoms with Crippen molar-refractivity contribution in [1.29, 1.82) is 0 Å². The number of nitrogens with zero attached hydrogens (tertiary/aromatic N) is 1. The van der Waals surface area contributed by atoms with Crippen molar-refractivity contribution in [2.75, 3.05) is 6.61 Å². The maximum absolute atomic E-state index is 12.1. The predicted octanol–water partition coefficient (Wildman–Crippen LogP) is 2.71. The first kappa shape index (κ1) is 14.4. The molecular weight excluding hydrogens is 258 g/mol. The largest absolute Gasteiger partial charge is 0.478 e. The van der Waals surface area contributed by atoms with Crippen molar-refractivity contribution in [2.45, 2.75) is 39.7 Å². The normalized spacial score (nSPS) is 14.8. The van der Waals surface area contributed by atoms with Crippen LogP contribution in [0.25, 0.3) is 6.08 Å². The second kappa shape index (κ2) is 5.53. The Morgan fingerprint density at radius 3 is 2.50 bits per heavy atom. The highest BCUT2D eigenvalue weighted by Crippen LogP contribution is 2.40. The van der Waals surface area contributed by atoms with E-state index in [0.29, 0.717) is 23.8 Å². The van der Waals surface area contributed by atoms with Crippen LogP contribution in [0.2, 0.25) is 0 Å². The van der Waals surface area contributed by atoms with Crippen LogP contribution in [-0.4, -0.2) is 28.2 Å². The van der Waals surface area contributed by atoms with Gasteiger partial charge in [-0.05, 0) is 39.7 Å². The minimum absolute atomic E-state index is 0.300. The molecule has 1 saturated carbocycles. The fourth-order valence-electron chi connectivity index (χ4n) is 2.58. The van der Waals surface area contributed by atoms with E-state index in [4.69, 9.17) is 9.84 Å². The summed E-state index contributed by atoms with van der Waals surface area (Å²) in [6.07, 6.45) is 4.74. The summed E-state index contributed by atoms with van der Waals surface area (Å²) in [7, 11) is 0. The molecule has 0 spiro atoms. The summed E-state index contributed by atoms with van der Waals surface area (Å²) in [5, 5.41) is 8.79. The molecule has 1 aliphatic carbocycles. The van der Waals surface area contributed by atoms with E-state index in [0.717, 1.165) is 30.3 Å². The number of hydrogen-bond acceptors (Lipinski definition) is 3. The monoisotopic (exact) mass is 277 g/mol. The van der Waals surface area contributed by atoms with E-state index in [-0.39, 0.29) is 0 Å². The molecule has 1 N–H and O–H groups in total. The van der Waals surface area contributed by atoms with E-state index < -0.39 is 11.9 Å². The van der Waals surface area contributed by atoms with E-state index in [9.17, 15) is 9.59 Å². The number of esters is 1. The van der Waals surface area contributed by atoms with Crippen LogP contribution in [0, 0.1) is 13.8 Å². The molecule has 1 heterocycles. The first-order valence-electron chi connectivity index (χ1n) is 6.76. The zero-order chi connectivity index (χ0) is 14.9. The number of carboxylic acid groups (broad SMARTS) is 1. The molecule has 0 saturated heterocycles. The molecule has 108 valence electrons. The molecule has 20 heavy (non-hydrogen) atoms. The van der Waals surface area contributed by atoms with Crippen LogP contribution in [0.4, 0.5) is 0 Å². The molecule has 0 unspecified atom stereocenters. The zero-order valence-corrected chi connectivity index (χ0v) is 12.0. The summed E-state index contributed by atoms with van der Waals surface area (Å²) in [6, 6.07) is 0.426. The third-order valence-corrected chi connectivity index (χ3v) is 3.53. The molecule has 1 aromatic heterocycles. The molecule has 0 radical (unpaired) electrons. The average Bonchev–Trinajstić information content (AvgIpc) is 3.15. The van der Waals surface area contributed by atoms with Gasteiger partial charge in [-0.2, -0.15) is 0 Å². The van der Waals surface area contributed by atoms with Gasteiger partial charge in [-0.15, -0.1) is 0 Å². The zero-order valence-electron chi connectivity index (χ0n) is 12.0. The lowest BCUT2D eigenvalue weighted by Gasteiger charge is -2.07. The minimum Gasteiger partial charge on any atom is -0.478 e. The van der Waals surface area contributed by atoms with Gasteiger partial charge in [0.15, 0.2) is 0 Å². The second-order valence-electron chi connectivity index (χ2n) is 4.95. The van der Waals surface area contributed by atoms with Crippen LogP contribution in [0.15, 0.2) is 6.08 Å². The van der Waals surface area contributed by atoms with E-state index in [1.807, 2.05) is 13.8 Å². The molecule has 0 atom stereocenters. The molecule has 1 fully saturated rings. The number of carbonyl (C=O) groups excluding carboxylic acids is 1. The number of aromatic nitrogens is 1. The molecule has 2 rings (SSSR count). The standard InChI is InChI=1S/C15H19NO4/c1-4-20-15(19)14-10(3)16(11-5-6-11)9(2)12(14)7-8-13(17)18/h7-8,11H,4-6H2,1-3H3,(H,17,18)/b8-7+. The van der Waals surface area contributed by atoms with Crippen molar-refractivity contribution >= 4 is 18.0 Å². The first-order valence-corrected chi connectivity index (χ1v) is 6.76. The summed E-state index contributed by atoms with van der Waals surface area (Å²) in [5.41, 5.74) is 2.91. The molecule has 5 heteroatoms. The Balaban J connectivity index is 2.53. The quantitative estimate of drug-likeness (QED) is 0.663.